The summed E-state index contributed by atoms with van der Waals surface area (Å²) in [4.78, 5) is 6.86. The molecule has 2 fully saturated rings. The molecule has 2 unspecified atom stereocenters. The van der Waals surface area contributed by atoms with Gasteiger partial charge in [0.15, 0.2) is 0 Å². The lowest BCUT2D eigenvalue weighted by Gasteiger charge is -2.37. The van der Waals surface area contributed by atoms with Crippen molar-refractivity contribution in [2.75, 3.05) is 24.5 Å². The summed E-state index contributed by atoms with van der Waals surface area (Å²) in [5.41, 5.74) is 2.69. The summed E-state index contributed by atoms with van der Waals surface area (Å²) in [5, 5.41) is 3.52. The molecule has 0 aromatic carbocycles. The maximum atomic E-state index is 4.29. The molecule has 92 valence electrons. The highest BCUT2D eigenvalue weighted by Crippen LogP contribution is 2.42. The minimum Gasteiger partial charge on any atom is -0.366 e. The van der Waals surface area contributed by atoms with E-state index in [4.69, 9.17) is 0 Å². The van der Waals surface area contributed by atoms with E-state index < -0.39 is 0 Å². The molecular weight excluding hydrogens is 210 g/mol. The normalized spacial score (nSPS) is 30.6. The van der Waals surface area contributed by atoms with E-state index in [-0.39, 0.29) is 5.54 Å². The lowest BCUT2D eigenvalue weighted by atomic mass is 9.85. The van der Waals surface area contributed by atoms with Gasteiger partial charge in [0.05, 0.1) is 0 Å². The number of hydrogen-bond donors (Lipinski definition) is 1. The molecule has 3 heteroatoms. The average Bonchev–Trinajstić information content (AvgIpc) is 2.81. The van der Waals surface area contributed by atoms with Crippen molar-refractivity contribution in [1.82, 2.24) is 10.3 Å². The van der Waals surface area contributed by atoms with Crippen LogP contribution in [0.15, 0.2) is 18.3 Å². The van der Waals surface area contributed by atoms with E-state index in [1.165, 1.54) is 18.8 Å². The fraction of sp³-hybridized carbons (Fsp3) is 0.643. The summed E-state index contributed by atoms with van der Waals surface area (Å²) < 4.78 is 0. The highest BCUT2D eigenvalue weighted by atomic mass is 15.3. The molecule has 1 aromatic rings. The molecule has 17 heavy (non-hydrogen) atoms. The van der Waals surface area contributed by atoms with Gasteiger partial charge in [0, 0.05) is 42.8 Å². The minimum atomic E-state index is 0.252. The van der Waals surface area contributed by atoms with Crippen molar-refractivity contribution in [3.8, 4) is 0 Å². The number of fused-ring (bicyclic) bond motifs is 1. The molecule has 2 aliphatic heterocycles. The molecule has 0 saturated carbocycles. The maximum Gasteiger partial charge on any atom is 0.0404 e. The second-order valence-electron chi connectivity index (χ2n) is 5.94. The van der Waals surface area contributed by atoms with Crippen LogP contribution < -0.4 is 10.2 Å². The van der Waals surface area contributed by atoms with E-state index >= 15 is 0 Å². The van der Waals surface area contributed by atoms with Gasteiger partial charge in [-0.15, -0.1) is 0 Å². The highest BCUT2D eigenvalue weighted by Gasteiger charge is 2.49. The van der Waals surface area contributed by atoms with Crippen molar-refractivity contribution in [2.24, 2.45) is 11.8 Å². The molecular formula is C14H21N3. The molecule has 0 amide bonds. The minimum absolute atomic E-state index is 0.252. The predicted octanol–water partition coefficient (Wildman–Crippen LogP) is 1.82. The first-order valence-electron chi connectivity index (χ1n) is 6.50. The van der Waals surface area contributed by atoms with Gasteiger partial charge in [-0.1, -0.05) is 0 Å². The molecule has 2 atom stereocenters. The Labute approximate surface area is 103 Å². The zero-order valence-corrected chi connectivity index (χ0v) is 10.9. The zero-order chi connectivity index (χ0) is 12.0. The Hall–Kier alpha value is -1.09. The third kappa shape index (κ3) is 1.64. The largest absolute Gasteiger partial charge is 0.366 e. The SMILES string of the molecule is Cc1cc(N2CC3CNCC3C2(C)C)ccn1. The van der Waals surface area contributed by atoms with Crippen molar-refractivity contribution >= 4 is 5.69 Å². The molecule has 1 aromatic heterocycles. The van der Waals surface area contributed by atoms with Crippen LogP contribution in [0.3, 0.4) is 0 Å². The third-order valence-electron chi connectivity index (χ3n) is 4.55. The Morgan fingerprint density at radius 1 is 1.41 bits per heavy atom. The van der Waals surface area contributed by atoms with Crippen LogP contribution in [-0.4, -0.2) is 30.2 Å². The first-order valence-corrected chi connectivity index (χ1v) is 6.50. The number of rotatable bonds is 1. The van der Waals surface area contributed by atoms with Gasteiger partial charge in [-0.05, 0) is 44.7 Å². The summed E-state index contributed by atoms with van der Waals surface area (Å²) in [6.45, 7) is 10.3. The third-order valence-corrected chi connectivity index (χ3v) is 4.55. The quantitative estimate of drug-likeness (QED) is 0.799. The van der Waals surface area contributed by atoms with Gasteiger partial charge < -0.3 is 10.2 Å². The van der Waals surface area contributed by atoms with Crippen LogP contribution in [0.25, 0.3) is 0 Å². The van der Waals surface area contributed by atoms with Crippen LogP contribution in [0.1, 0.15) is 19.5 Å². The molecule has 1 N–H and O–H groups in total. The van der Waals surface area contributed by atoms with Gasteiger partial charge in [0.2, 0.25) is 0 Å². The summed E-state index contributed by atoms with van der Waals surface area (Å²) in [6.07, 6.45) is 1.92. The van der Waals surface area contributed by atoms with E-state index in [2.05, 4.69) is 48.1 Å². The van der Waals surface area contributed by atoms with Gasteiger partial charge >= 0.3 is 0 Å². The van der Waals surface area contributed by atoms with Gasteiger partial charge in [-0.3, -0.25) is 4.98 Å². The Morgan fingerprint density at radius 2 is 2.24 bits per heavy atom. The van der Waals surface area contributed by atoms with E-state index in [0.717, 1.165) is 24.1 Å². The first-order chi connectivity index (χ1) is 8.09. The highest BCUT2D eigenvalue weighted by molar-refractivity contribution is 5.51. The Balaban J connectivity index is 1.94. The van der Waals surface area contributed by atoms with Crippen LogP contribution in [0, 0.1) is 18.8 Å². The molecule has 3 rings (SSSR count). The monoisotopic (exact) mass is 231 g/mol. The smallest absolute Gasteiger partial charge is 0.0404 e. The summed E-state index contributed by atoms with van der Waals surface area (Å²) in [7, 11) is 0. The molecule has 2 aliphatic rings. The number of hydrogen-bond acceptors (Lipinski definition) is 3. The summed E-state index contributed by atoms with van der Waals surface area (Å²) in [5.74, 6) is 1.58. The fourth-order valence-corrected chi connectivity index (χ4v) is 3.56. The topological polar surface area (TPSA) is 28.2 Å². The maximum absolute atomic E-state index is 4.29. The van der Waals surface area contributed by atoms with Crippen LogP contribution in [0.5, 0.6) is 0 Å². The number of anilines is 1. The van der Waals surface area contributed by atoms with E-state index in [0.29, 0.717) is 0 Å². The number of aryl methyl sites for hydroxylation is 1. The Kier molecular flexibility index (Phi) is 2.40. The predicted molar refractivity (Wildman–Crippen MR) is 70.2 cm³/mol. The average molecular weight is 231 g/mol. The molecule has 3 nitrogen and oxygen atoms in total. The van der Waals surface area contributed by atoms with Crippen molar-refractivity contribution in [2.45, 2.75) is 26.3 Å². The van der Waals surface area contributed by atoms with Crippen molar-refractivity contribution in [3.05, 3.63) is 24.0 Å². The number of nitrogens with zero attached hydrogens (tertiary/aromatic N) is 2. The van der Waals surface area contributed by atoms with E-state index in [9.17, 15) is 0 Å². The van der Waals surface area contributed by atoms with Crippen LogP contribution >= 0.6 is 0 Å². The number of nitrogens with one attached hydrogen (secondary N) is 1. The lowest BCUT2D eigenvalue weighted by Crippen LogP contribution is -2.44. The summed E-state index contributed by atoms with van der Waals surface area (Å²) in [6, 6.07) is 4.35. The Morgan fingerprint density at radius 3 is 2.94 bits per heavy atom. The van der Waals surface area contributed by atoms with Crippen LogP contribution in [-0.2, 0) is 0 Å². The Bertz CT molecular complexity index is 427. The molecule has 0 spiro atoms. The zero-order valence-electron chi connectivity index (χ0n) is 10.9. The standard InChI is InChI=1S/C14H21N3/c1-10-6-12(4-5-16-10)17-9-11-7-15-8-13(11)14(17,2)3/h4-6,11,13,15H,7-9H2,1-3H3. The van der Waals surface area contributed by atoms with Crippen LogP contribution in [0.4, 0.5) is 5.69 Å². The van der Waals surface area contributed by atoms with Gasteiger partial charge in [0.1, 0.15) is 0 Å². The van der Waals surface area contributed by atoms with Crippen molar-refractivity contribution in [3.63, 3.8) is 0 Å². The van der Waals surface area contributed by atoms with Crippen LogP contribution in [0.2, 0.25) is 0 Å². The van der Waals surface area contributed by atoms with Crippen molar-refractivity contribution in [1.29, 1.82) is 0 Å². The van der Waals surface area contributed by atoms with Gasteiger partial charge in [-0.25, -0.2) is 0 Å². The first kappa shape index (κ1) is 11.0. The molecule has 3 heterocycles. The lowest BCUT2D eigenvalue weighted by molar-refractivity contribution is 0.357. The van der Waals surface area contributed by atoms with Gasteiger partial charge in [0.25, 0.3) is 0 Å². The summed E-state index contributed by atoms with van der Waals surface area (Å²) >= 11 is 0. The van der Waals surface area contributed by atoms with Gasteiger partial charge in [-0.2, -0.15) is 0 Å². The molecule has 2 saturated heterocycles. The molecule has 0 radical (unpaired) electrons. The molecule has 0 aliphatic carbocycles. The molecule has 0 bridgehead atoms. The van der Waals surface area contributed by atoms with Crippen molar-refractivity contribution < 1.29 is 0 Å². The number of aromatic nitrogens is 1. The van der Waals surface area contributed by atoms with E-state index in [1.54, 1.807) is 0 Å². The fourth-order valence-electron chi connectivity index (χ4n) is 3.56. The number of pyridine rings is 1. The second-order valence-corrected chi connectivity index (χ2v) is 5.94. The second kappa shape index (κ2) is 3.70. The van der Waals surface area contributed by atoms with E-state index in [1.807, 2.05) is 6.20 Å².